The molecule has 1 aliphatic heterocycles. The molecule has 0 radical (unpaired) electrons. The average molecular weight is 361 g/mol. The maximum atomic E-state index is 12.5. The number of anilines is 1. The van der Waals surface area contributed by atoms with Gasteiger partial charge in [0.1, 0.15) is 12.6 Å². The number of imide groups is 1. The molecule has 1 aromatic rings. The van der Waals surface area contributed by atoms with Crippen molar-refractivity contribution in [1.29, 1.82) is 0 Å². The van der Waals surface area contributed by atoms with Gasteiger partial charge in [0.05, 0.1) is 12.8 Å². The molecule has 1 saturated heterocycles. The normalized spacial score (nSPS) is 16.6. The van der Waals surface area contributed by atoms with Crippen molar-refractivity contribution < 1.29 is 23.9 Å². The van der Waals surface area contributed by atoms with Gasteiger partial charge >= 0.3 is 12.0 Å². The third kappa shape index (κ3) is 4.59. The number of methoxy groups -OCH3 is 1. The van der Waals surface area contributed by atoms with Crippen molar-refractivity contribution >= 4 is 29.5 Å². The van der Waals surface area contributed by atoms with E-state index in [1.165, 1.54) is 7.11 Å². The van der Waals surface area contributed by atoms with Crippen molar-refractivity contribution in [2.75, 3.05) is 18.6 Å². The Bertz CT molecular complexity index is 699. The summed E-state index contributed by atoms with van der Waals surface area (Å²) in [4.78, 5) is 48.4. The fourth-order valence-electron chi connectivity index (χ4n) is 2.59. The van der Waals surface area contributed by atoms with Crippen LogP contribution < -0.4 is 15.5 Å². The second-order valence-corrected chi connectivity index (χ2v) is 6.31. The quantitative estimate of drug-likeness (QED) is 0.563. The molecule has 0 saturated carbocycles. The molecule has 140 valence electrons. The van der Waals surface area contributed by atoms with Gasteiger partial charge in [-0.2, -0.15) is 0 Å². The molecular formula is C18H23N3O5. The molecule has 0 spiro atoms. The Morgan fingerprint density at radius 3 is 2.46 bits per heavy atom. The summed E-state index contributed by atoms with van der Waals surface area (Å²) < 4.78 is 4.42. The standard InChI is InChI=1S/C18H23N3O5/c1-11(2)12-4-6-13(7-5-12)21-17(24)14(20-18(21)25)8-9-15(22)19-10-16(23)26-3/h4-7,11,14H,8-10H2,1-3H3,(H,19,22)(H,20,25)/t14-/m1/s1. The van der Waals surface area contributed by atoms with Gasteiger partial charge in [-0.3, -0.25) is 14.4 Å². The van der Waals surface area contributed by atoms with Crippen molar-refractivity contribution in [3.05, 3.63) is 29.8 Å². The highest BCUT2D eigenvalue weighted by Crippen LogP contribution is 2.24. The van der Waals surface area contributed by atoms with E-state index in [0.717, 1.165) is 10.5 Å². The molecule has 0 aromatic heterocycles. The topological polar surface area (TPSA) is 105 Å². The lowest BCUT2D eigenvalue weighted by molar-refractivity contribution is -0.141. The number of urea groups is 1. The lowest BCUT2D eigenvalue weighted by Crippen LogP contribution is -2.34. The Kier molecular flexibility index (Phi) is 6.32. The molecule has 1 aromatic carbocycles. The van der Waals surface area contributed by atoms with Crippen LogP contribution in [0.1, 0.15) is 38.2 Å². The number of nitrogens with one attached hydrogen (secondary N) is 2. The van der Waals surface area contributed by atoms with E-state index in [1.54, 1.807) is 12.1 Å². The first-order valence-electron chi connectivity index (χ1n) is 8.41. The number of hydrogen-bond donors (Lipinski definition) is 2. The molecule has 8 heteroatoms. The summed E-state index contributed by atoms with van der Waals surface area (Å²) in [7, 11) is 1.23. The predicted octanol–water partition coefficient (Wildman–Crippen LogP) is 1.30. The van der Waals surface area contributed by atoms with Gasteiger partial charge in [0, 0.05) is 6.42 Å². The summed E-state index contributed by atoms with van der Waals surface area (Å²) in [6.45, 7) is 3.89. The fourth-order valence-corrected chi connectivity index (χ4v) is 2.59. The summed E-state index contributed by atoms with van der Waals surface area (Å²) in [6, 6.07) is 5.96. The van der Waals surface area contributed by atoms with E-state index in [0.29, 0.717) is 11.6 Å². The zero-order valence-corrected chi connectivity index (χ0v) is 15.1. The van der Waals surface area contributed by atoms with Crippen molar-refractivity contribution in [2.45, 2.75) is 38.6 Å². The summed E-state index contributed by atoms with van der Waals surface area (Å²) in [6.07, 6.45) is 0.159. The van der Waals surface area contributed by atoms with Crippen LogP contribution in [0, 0.1) is 0 Å². The molecule has 1 fully saturated rings. The molecule has 26 heavy (non-hydrogen) atoms. The van der Waals surface area contributed by atoms with Crippen molar-refractivity contribution in [2.24, 2.45) is 0 Å². The van der Waals surface area contributed by atoms with Crippen LogP contribution in [-0.2, 0) is 19.1 Å². The molecule has 4 amide bonds. The summed E-state index contributed by atoms with van der Waals surface area (Å²) >= 11 is 0. The number of carbonyl (C=O) groups excluding carboxylic acids is 4. The molecule has 1 heterocycles. The number of benzene rings is 1. The van der Waals surface area contributed by atoms with Crippen LogP contribution in [0.2, 0.25) is 0 Å². The Morgan fingerprint density at radius 2 is 1.88 bits per heavy atom. The first-order chi connectivity index (χ1) is 12.3. The SMILES string of the molecule is COC(=O)CNC(=O)CC[C@H]1NC(=O)N(c2ccc(C(C)C)cc2)C1=O. The van der Waals surface area contributed by atoms with E-state index >= 15 is 0 Å². The zero-order valence-electron chi connectivity index (χ0n) is 15.1. The van der Waals surface area contributed by atoms with Crippen LogP contribution in [0.4, 0.5) is 10.5 Å². The maximum Gasteiger partial charge on any atom is 0.329 e. The third-order valence-electron chi connectivity index (χ3n) is 4.15. The Balaban J connectivity index is 1.93. The minimum Gasteiger partial charge on any atom is -0.468 e. The van der Waals surface area contributed by atoms with E-state index in [2.05, 4.69) is 29.2 Å². The highest BCUT2D eigenvalue weighted by Gasteiger charge is 2.38. The van der Waals surface area contributed by atoms with Crippen LogP contribution in [0.25, 0.3) is 0 Å². The molecule has 0 bridgehead atoms. The minimum absolute atomic E-state index is 0.00775. The fraction of sp³-hybridized carbons (Fsp3) is 0.444. The zero-order chi connectivity index (χ0) is 19.3. The molecule has 0 aliphatic carbocycles. The number of hydrogen-bond acceptors (Lipinski definition) is 5. The maximum absolute atomic E-state index is 12.5. The van der Waals surface area contributed by atoms with E-state index in [9.17, 15) is 19.2 Å². The molecule has 2 rings (SSSR count). The van der Waals surface area contributed by atoms with Crippen molar-refractivity contribution in [1.82, 2.24) is 10.6 Å². The van der Waals surface area contributed by atoms with Gasteiger partial charge in [0.25, 0.3) is 5.91 Å². The molecule has 1 aliphatic rings. The van der Waals surface area contributed by atoms with E-state index in [4.69, 9.17) is 0 Å². The van der Waals surface area contributed by atoms with Gasteiger partial charge in [-0.15, -0.1) is 0 Å². The van der Waals surface area contributed by atoms with Gasteiger partial charge in [-0.05, 0) is 30.0 Å². The van der Waals surface area contributed by atoms with Crippen LogP contribution >= 0.6 is 0 Å². The molecule has 8 nitrogen and oxygen atoms in total. The molecule has 0 unspecified atom stereocenters. The lowest BCUT2D eigenvalue weighted by atomic mass is 10.0. The van der Waals surface area contributed by atoms with E-state index in [1.807, 2.05) is 12.1 Å². The number of rotatable bonds is 7. The van der Waals surface area contributed by atoms with Crippen LogP contribution in [0.3, 0.4) is 0 Å². The molecule has 1 atom stereocenters. The van der Waals surface area contributed by atoms with Crippen LogP contribution in [0.5, 0.6) is 0 Å². The smallest absolute Gasteiger partial charge is 0.329 e. The number of esters is 1. The number of ether oxygens (including phenoxy) is 1. The van der Waals surface area contributed by atoms with Crippen molar-refractivity contribution in [3.63, 3.8) is 0 Å². The van der Waals surface area contributed by atoms with Gasteiger partial charge < -0.3 is 15.4 Å². The van der Waals surface area contributed by atoms with Crippen molar-refractivity contribution in [3.8, 4) is 0 Å². The second kappa shape index (κ2) is 8.46. The van der Waals surface area contributed by atoms with Gasteiger partial charge in [0.2, 0.25) is 5.91 Å². The largest absolute Gasteiger partial charge is 0.468 e. The monoisotopic (exact) mass is 361 g/mol. The Labute approximate surface area is 151 Å². The number of carbonyl (C=O) groups is 4. The predicted molar refractivity (Wildman–Crippen MR) is 94.6 cm³/mol. The van der Waals surface area contributed by atoms with E-state index < -0.39 is 29.9 Å². The van der Waals surface area contributed by atoms with Crippen LogP contribution in [-0.4, -0.2) is 43.5 Å². The number of amides is 4. The lowest BCUT2D eigenvalue weighted by Gasteiger charge is -2.14. The third-order valence-corrected chi connectivity index (χ3v) is 4.15. The second-order valence-electron chi connectivity index (χ2n) is 6.31. The van der Waals surface area contributed by atoms with Crippen LogP contribution in [0.15, 0.2) is 24.3 Å². The molecule has 2 N–H and O–H groups in total. The van der Waals surface area contributed by atoms with E-state index in [-0.39, 0.29) is 19.4 Å². The highest BCUT2D eigenvalue weighted by molar-refractivity contribution is 6.21. The summed E-state index contributed by atoms with van der Waals surface area (Å²) in [5.74, 6) is -0.992. The Morgan fingerprint density at radius 1 is 1.23 bits per heavy atom. The summed E-state index contributed by atoms with van der Waals surface area (Å²) in [5, 5.41) is 4.98. The first-order valence-corrected chi connectivity index (χ1v) is 8.41. The highest BCUT2D eigenvalue weighted by atomic mass is 16.5. The van der Waals surface area contributed by atoms with Gasteiger partial charge in [-0.1, -0.05) is 26.0 Å². The Hall–Kier alpha value is -2.90. The molecular weight excluding hydrogens is 338 g/mol. The minimum atomic E-state index is -0.767. The summed E-state index contributed by atoms with van der Waals surface area (Å²) in [5.41, 5.74) is 1.61. The van der Waals surface area contributed by atoms with Gasteiger partial charge in [-0.25, -0.2) is 9.69 Å². The number of nitrogens with zero attached hydrogens (tertiary/aromatic N) is 1. The first kappa shape index (κ1) is 19.4. The average Bonchev–Trinajstić information content (AvgIpc) is 2.91. The van der Waals surface area contributed by atoms with Gasteiger partial charge in [0.15, 0.2) is 0 Å².